The number of nitrogens with zero attached hydrogens (tertiary/aromatic N) is 3. The van der Waals surface area contributed by atoms with E-state index in [1.807, 2.05) is 56.3 Å². The van der Waals surface area contributed by atoms with Gasteiger partial charge in [-0.2, -0.15) is 4.98 Å². The van der Waals surface area contributed by atoms with E-state index in [0.29, 0.717) is 57.9 Å². The van der Waals surface area contributed by atoms with Gasteiger partial charge in [0.15, 0.2) is 11.5 Å². The zero-order chi connectivity index (χ0) is 28.5. The molecule has 0 fully saturated rings. The van der Waals surface area contributed by atoms with Gasteiger partial charge in [-0.25, -0.2) is 9.48 Å². The van der Waals surface area contributed by atoms with Gasteiger partial charge in [0, 0.05) is 16.5 Å². The van der Waals surface area contributed by atoms with Gasteiger partial charge in [0.25, 0.3) is 0 Å². The summed E-state index contributed by atoms with van der Waals surface area (Å²) < 4.78 is 19.1. The molecule has 3 aromatic rings. The van der Waals surface area contributed by atoms with Gasteiger partial charge < -0.3 is 19.5 Å². The van der Waals surface area contributed by atoms with Gasteiger partial charge >= 0.3 is 5.97 Å². The van der Waals surface area contributed by atoms with Crippen molar-refractivity contribution in [3.63, 3.8) is 0 Å². The van der Waals surface area contributed by atoms with Gasteiger partial charge in [-0.05, 0) is 49.1 Å². The van der Waals surface area contributed by atoms with Crippen LogP contribution in [-0.2, 0) is 15.3 Å². The third-order valence-electron chi connectivity index (χ3n) is 6.56. The van der Waals surface area contributed by atoms with Crippen LogP contribution in [0.3, 0.4) is 0 Å². The molecule has 0 spiro atoms. The summed E-state index contributed by atoms with van der Waals surface area (Å²) in [5, 5.41) is 9.33. The third kappa shape index (κ3) is 7.12. The molecule has 1 aliphatic heterocycles. The van der Waals surface area contributed by atoms with E-state index in [4.69, 9.17) is 35.9 Å². The highest BCUT2D eigenvalue weighted by atomic mass is 35.5. The Morgan fingerprint density at radius 1 is 1.07 bits per heavy atom. The molecule has 0 saturated heterocycles. The second-order valence-corrected chi connectivity index (χ2v) is 10.9. The van der Waals surface area contributed by atoms with Crippen LogP contribution in [0.15, 0.2) is 58.9 Å². The minimum absolute atomic E-state index is 0.333. The summed E-state index contributed by atoms with van der Waals surface area (Å²) in [6.45, 7) is 6.96. The molecule has 1 aromatic heterocycles. The molecule has 1 unspecified atom stereocenters. The van der Waals surface area contributed by atoms with Gasteiger partial charge in [-0.1, -0.05) is 80.7 Å². The van der Waals surface area contributed by atoms with Crippen molar-refractivity contribution in [1.82, 2.24) is 14.8 Å². The van der Waals surface area contributed by atoms with Crippen molar-refractivity contribution in [3.05, 3.63) is 69.9 Å². The monoisotopic (exact) mass is 584 g/mol. The first kappa shape index (κ1) is 29.8. The van der Waals surface area contributed by atoms with Crippen molar-refractivity contribution in [3.8, 4) is 11.5 Å². The first-order valence-electron chi connectivity index (χ1n) is 13.7. The smallest absolute Gasteiger partial charge is 0.338 e. The number of carbonyl (C=O) groups is 1. The largest absolute Gasteiger partial charge is 0.493 e. The van der Waals surface area contributed by atoms with E-state index in [-0.39, 0.29) is 0 Å². The second-order valence-electron chi connectivity index (χ2n) is 9.56. The summed E-state index contributed by atoms with van der Waals surface area (Å²) in [6, 6.07) is 12.9. The van der Waals surface area contributed by atoms with Crippen LogP contribution in [0.4, 0.5) is 5.95 Å². The van der Waals surface area contributed by atoms with Crippen LogP contribution in [0.1, 0.15) is 70.0 Å². The SMILES string of the molecule is CCCCCCOc1ccc(C2C(C(=O)OCCC)=C(C)Nc3nc(SCc4ccccc4Cl)nn32)cc1OC. The van der Waals surface area contributed by atoms with Crippen molar-refractivity contribution in [1.29, 1.82) is 0 Å². The number of allylic oxidation sites excluding steroid dienone is 1. The topological polar surface area (TPSA) is 87.5 Å². The number of hydrogen-bond acceptors (Lipinski definition) is 8. The molecule has 0 amide bonds. The van der Waals surface area contributed by atoms with Crippen molar-refractivity contribution >= 4 is 35.3 Å². The zero-order valence-corrected chi connectivity index (χ0v) is 25.1. The quantitative estimate of drug-likeness (QED) is 0.119. The lowest BCUT2D eigenvalue weighted by molar-refractivity contribution is -0.139. The van der Waals surface area contributed by atoms with E-state index in [0.717, 1.165) is 30.4 Å². The molecule has 0 aliphatic carbocycles. The predicted molar refractivity (Wildman–Crippen MR) is 159 cm³/mol. The molecule has 10 heteroatoms. The number of aromatic nitrogens is 3. The fourth-order valence-corrected chi connectivity index (χ4v) is 5.59. The second kappa shape index (κ2) is 14.5. The predicted octanol–water partition coefficient (Wildman–Crippen LogP) is 7.43. The number of esters is 1. The van der Waals surface area contributed by atoms with Crippen LogP contribution in [0.25, 0.3) is 0 Å². The van der Waals surface area contributed by atoms with Gasteiger partial charge in [0.05, 0.1) is 25.9 Å². The Hall–Kier alpha value is -3.17. The van der Waals surface area contributed by atoms with Crippen molar-refractivity contribution < 1.29 is 19.0 Å². The van der Waals surface area contributed by atoms with Gasteiger partial charge in [0.1, 0.15) is 6.04 Å². The minimum atomic E-state index is -0.560. The first-order valence-corrected chi connectivity index (χ1v) is 15.1. The Labute approximate surface area is 245 Å². The molecule has 2 aromatic carbocycles. The lowest BCUT2D eigenvalue weighted by Gasteiger charge is -2.28. The maximum Gasteiger partial charge on any atom is 0.338 e. The zero-order valence-electron chi connectivity index (χ0n) is 23.5. The van der Waals surface area contributed by atoms with Gasteiger partial charge in [-0.15, -0.1) is 5.10 Å². The Morgan fingerprint density at radius 2 is 1.90 bits per heavy atom. The first-order chi connectivity index (χ1) is 19.5. The van der Waals surface area contributed by atoms with E-state index in [1.54, 1.807) is 11.8 Å². The number of carbonyl (C=O) groups excluding carboxylic acids is 1. The van der Waals surface area contributed by atoms with Crippen molar-refractivity contribution in [2.75, 3.05) is 25.6 Å². The summed E-state index contributed by atoms with van der Waals surface area (Å²) in [5.74, 6) is 2.04. The number of nitrogens with one attached hydrogen (secondary N) is 1. The fraction of sp³-hybridized carbons (Fsp3) is 0.433. The molecule has 1 atom stereocenters. The van der Waals surface area contributed by atoms with Crippen molar-refractivity contribution in [2.45, 2.75) is 69.8 Å². The number of ether oxygens (including phenoxy) is 3. The van der Waals surface area contributed by atoms with Gasteiger partial charge in [-0.3, -0.25) is 0 Å². The standard InChI is InChI=1S/C30H37ClN4O4S/c1-5-7-8-11-17-38-24-15-14-21(18-25(24)37-4)27-26(28(36)39-16-6-2)20(3)32-29-33-30(34-35(27)29)40-19-22-12-9-10-13-23(22)31/h9-10,12-15,18,27H,5-8,11,16-17,19H2,1-4H3,(H,32,33,34). The maximum absolute atomic E-state index is 13.3. The minimum Gasteiger partial charge on any atom is -0.493 e. The number of benzene rings is 2. The fourth-order valence-electron chi connectivity index (χ4n) is 4.48. The van der Waals surface area contributed by atoms with Crippen LogP contribution in [-0.4, -0.2) is 41.1 Å². The van der Waals surface area contributed by atoms with Gasteiger partial charge in [0.2, 0.25) is 11.1 Å². The molecule has 2 heterocycles. The molecule has 0 bridgehead atoms. The van der Waals surface area contributed by atoms with Crippen LogP contribution >= 0.6 is 23.4 Å². The normalized spacial score (nSPS) is 14.5. The highest BCUT2D eigenvalue weighted by Gasteiger charge is 2.35. The molecule has 0 saturated carbocycles. The summed E-state index contributed by atoms with van der Waals surface area (Å²) in [7, 11) is 1.62. The molecule has 40 heavy (non-hydrogen) atoms. The summed E-state index contributed by atoms with van der Waals surface area (Å²) in [6.07, 6.45) is 5.21. The Bertz CT molecular complexity index is 1340. The number of anilines is 1. The lowest BCUT2D eigenvalue weighted by atomic mass is 9.95. The maximum atomic E-state index is 13.3. The average molecular weight is 585 g/mol. The van der Waals surface area contributed by atoms with Crippen LogP contribution in [0.5, 0.6) is 11.5 Å². The van der Waals surface area contributed by atoms with E-state index >= 15 is 0 Å². The van der Waals surface area contributed by atoms with E-state index < -0.39 is 12.0 Å². The molecule has 8 nitrogen and oxygen atoms in total. The average Bonchev–Trinajstić information content (AvgIpc) is 3.37. The molecule has 0 radical (unpaired) electrons. The summed E-state index contributed by atoms with van der Waals surface area (Å²) in [4.78, 5) is 18.0. The number of unbranched alkanes of at least 4 members (excludes halogenated alkanes) is 3. The Morgan fingerprint density at radius 3 is 2.65 bits per heavy atom. The molecular formula is C30H37ClN4O4S. The van der Waals surface area contributed by atoms with E-state index in [9.17, 15) is 4.79 Å². The van der Waals surface area contributed by atoms with Crippen LogP contribution in [0.2, 0.25) is 5.02 Å². The molecule has 1 N–H and O–H groups in total. The van der Waals surface area contributed by atoms with Crippen LogP contribution in [0, 0.1) is 0 Å². The third-order valence-corrected chi connectivity index (χ3v) is 7.82. The number of fused-ring (bicyclic) bond motifs is 1. The molecule has 4 rings (SSSR count). The number of rotatable bonds is 14. The summed E-state index contributed by atoms with van der Waals surface area (Å²) >= 11 is 7.83. The molecular weight excluding hydrogens is 548 g/mol. The molecule has 1 aliphatic rings. The highest BCUT2D eigenvalue weighted by Crippen LogP contribution is 2.40. The van der Waals surface area contributed by atoms with Crippen molar-refractivity contribution in [2.24, 2.45) is 0 Å². The highest BCUT2D eigenvalue weighted by molar-refractivity contribution is 7.98. The number of halogens is 1. The number of hydrogen-bond donors (Lipinski definition) is 1. The number of methoxy groups -OCH3 is 1. The Balaban J connectivity index is 1.65. The lowest BCUT2D eigenvalue weighted by Crippen LogP contribution is -2.29. The van der Waals surface area contributed by atoms with E-state index in [2.05, 4.69) is 12.2 Å². The van der Waals surface area contributed by atoms with E-state index in [1.165, 1.54) is 24.6 Å². The van der Waals surface area contributed by atoms with Crippen LogP contribution < -0.4 is 14.8 Å². The number of thioether (sulfide) groups is 1. The Kier molecular flexibility index (Phi) is 10.8. The summed E-state index contributed by atoms with van der Waals surface area (Å²) in [5.41, 5.74) is 2.96. The molecule has 214 valence electrons.